The third-order valence-corrected chi connectivity index (χ3v) is 3.06. The normalized spacial score (nSPS) is 12.2. The SMILES string of the molecule is CC(=O)CSCC(NC(C)C)C(=O)NCC(N)=O. The molecule has 0 spiro atoms. The number of Topliss-reactive ketones (excluding diaryl/α,β-unsaturated/α-hetero) is 1. The first-order valence-corrected chi connectivity index (χ1v) is 6.87. The summed E-state index contributed by atoms with van der Waals surface area (Å²) in [5.74, 6) is 0.0595. The van der Waals surface area contributed by atoms with E-state index in [0.717, 1.165) is 0 Å². The largest absolute Gasteiger partial charge is 0.368 e. The summed E-state index contributed by atoms with van der Waals surface area (Å²) in [7, 11) is 0. The van der Waals surface area contributed by atoms with E-state index in [9.17, 15) is 14.4 Å². The predicted molar refractivity (Wildman–Crippen MR) is 72.3 cm³/mol. The summed E-state index contributed by atoms with van der Waals surface area (Å²) in [6.07, 6.45) is 0. The van der Waals surface area contributed by atoms with E-state index >= 15 is 0 Å². The van der Waals surface area contributed by atoms with Crippen LogP contribution in [0.5, 0.6) is 0 Å². The molecular formula is C11H21N3O3S. The molecule has 0 fully saturated rings. The maximum Gasteiger partial charge on any atom is 0.238 e. The number of ketones is 1. The second-order valence-corrected chi connectivity index (χ2v) is 5.31. The first-order chi connectivity index (χ1) is 8.32. The Morgan fingerprint density at radius 1 is 1.28 bits per heavy atom. The van der Waals surface area contributed by atoms with Gasteiger partial charge in [0.1, 0.15) is 5.78 Å². The molecule has 0 saturated carbocycles. The quantitative estimate of drug-likeness (QED) is 0.515. The lowest BCUT2D eigenvalue weighted by molar-refractivity contribution is -0.126. The van der Waals surface area contributed by atoms with Crippen molar-refractivity contribution in [1.29, 1.82) is 0 Å². The number of hydrogen-bond acceptors (Lipinski definition) is 5. The molecule has 0 aromatic rings. The summed E-state index contributed by atoms with van der Waals surface area (Å²) in [5, 5.41) is 5.53. The van der Waals surface area contributed by atoms with Crippen LogP contribution in [0.15, 0.2) is 0 Å². The molecule has 18 heavy (non-hydrogen) atoms. The second kappa shape index (κ2) is 8.93. The van der Waals surface area contributed by atoms with E-state index in [2.05, 4.69) is 10.6 Å². The molecule has 0 saturated heterocycles. The van der Waals surface area contributed by atoms with Crippen molar-refractivity contribution in [2.75, 3.05) is 18.1 Å². The van der Waals surface area contributed by atoms with E-state index in [0.29, 0.717) is 11.5 Å². The van der Waals surface area contributed by atoms with Crippen molar-refractivity contribution in [2.24, 2.45) is 5.73 Å². The Morgan fingerprint density at radius 3 is 2.33 bits per heavy atom. The van der Waals surface area contributed by atoms with Crippen LogP contribution in [0.3, 0.4) is 0 Å². The summed E-state index contributed by atoms with van der Waals surface area (Å²) >= 11 is 1.38. The van der Waals surface area contributed by atoms with Crippen LogP contribution in [0.1, 0.15) is 20.8 Å². The van der Waals surface area contributed by atoms with Crippen LogP contribution < -0.4 is 16.4 Å². The fourth-order valence-corrected chi connectivity index (χ4v) is 2.11. The maximum atomic E-state index is 11.8. The molecular weight excluding hydrogens is 254 g/mol. The van der Waals surface area contributed by atoms with Gasteiger partial charge in [-0.3, -0.25) is 14.4 Å². The van der Waals surface area contributed by atoms with Crippen molar-refractivity contribution in [3.05, 3.63) is 0 Å². The summed E-state index contributed by atoms with van der Waals surface area (Å²) in [4.78, 5) is 33.2. The lowest BCUT2D eigenvalue weighted by Crippen LogP contribution is -2.50. The van der Waals surface area contributed by atoms with Gasteiger partial charge in [-0.2, -0.15) is 11.8 Å². The highest BCUT2D eigenvalue weighted by molar-refractivity contribution is 8.00. The number of nitrogens with two attached hydrogens (primary N) is 1. The van der Waals surface area contributed by atoms with E-state index < -0.39 is 11.9 Å². The van der Waals surface area contributed by atoms with Crippen molar-refractivity contribution in [3.63, 3.8) is 0 Å². The first-order valence-electron chi connectivity index (χ1n) is 5.72. The highest BCUT2D eigenvalue weighted by Crippen LogP contribution is 2.04. The second-order valence-electron chi connectivity index (χ2n) is 4.28. The molecule has 0 aliphatic heterocycles. The van der Waals surface area contributed by atoms with Crippen LogP contribution in [0.4, 0.5) is 0 Å². The maximum absolute atomic E-state index is 11.8. The molecule has 0 rings (SSSR count). The summed E-state index contributed by atoms with van der Waals surface area (Å²) in [5.41, 5.74) is 4.96. The van der Waals surface area contributed by atoms with E-state index in [4.69, 9.17) is 5.73 Å². The van der Waals surface area contributed by atoms with E-state index in [1.54, 1.807) is 0 Å². The minimum absolute atomic E-state index is 0.0702. The van der Waals surface area contributed by atoms with Gasteiger partial charge in [-0.1, -0.05) is 13.8 Å². The lowest BCUT2D eigenvalue weighted by Gasteiger charge is -2.20. The average Bonchev–Trinajstić information content (AvgIpc) is 2.23. The van der Waals surface area contributed by atoms with Crippen LogP contribution in [-0.4, -0.2) is 47.7 Å². The fraction of sp³-hybridized carbons (Fsp3) is 0.727. The Kier molecular flexibility index (Phi) is 8.40. The van der Waals surface area contributed by atoms with Crippen molar-refractivity contribution in [1.82, 2.24) is 10.6 Å². The summed E-state index contributed by atoms with van der Waals surface area (Å²) < 4.78 is 0. The summed E-state index contributed by atoms with van der Waals surface area (Å²) in [6.45, 7) is 5.17. The molecule has 0 aliphatic rings. The van der Waals surface area contributed by atoms with Gasteiger partial charge in [-0.15, -0.1) is 0 Å². The molecule has 2 amide bonds. The number of primary amides is 1. The number of nitrogens with one attached hydrogen (secondary N) is 2. The van der Waals surface area contributed by atoms with Crippen LogP contribution in [0.2, 0.25) is 0 Å². The fourth-order valence-electron chi connectivity index (χ4n) is 1.22. The Labute approximate surface area is 111 Å². The zero-order chi connectivity index (χ0) is 14.1. The Morgan fingerprint density at radius 2 is 1.89 bits per heavy atom. The van der Waals surface area contributed by atoms with Gasteiger partial charge in [-0.05, 0) is 6.92 Å². The number of carbonyl (C=O) groups is 3. The van der Waals surface area contributed by atoms with Crippen molar-refractivity contribution in [3.8, 4) is 0 Å². The highest BCUT2D eigenvalue weighted by atomic mass is 32.2. The number of thioether (sulfide) groups is 1. The monoisotopic (exact) mass is 275 g/mol. The standard InChI is InChI=1S/C11H21N3O3S/c1-7(2)14-9(6-18-5-8(3)15)11(17)13-4-10(12)16/h7,9,14H,4-6H2,1-3H3,(H2,12,16)(H,13,17). The minimum Gasteiger partial charge on any atom is -0.368 e. The van der Waals surface area contributed by atoms with Crippen LogP contribution >= 0.6 is 11.8 Å². The zero-order valence-electron chi connectivity index (χ0n) is 11.0. The lowest BCUT2D eigenvalue weighted by atomic mass is 10.2. The molecule has 1 unspecified atom stereocenters. The smallest absolute Gasteiger partial charge is 0.238 e. The Hall–Kier alpha value is -1.08. The minimum atomic E-state index is -0.581. The van der Waals surface area contributed by atoms with Crippen molar-refractivity contribution >= 4 is 29.4 Å². The van der Waals surface area contributed by atoms with Gasteiger partial charge in [-0.25, -0.2) is 0 Å². The molecule has 0 radical (unpaired) electrons. The topological polar surface area (TPSA) is 101 Å². The third kappa shape index (κ3) is 9.00. The molecule has 4 N–H and O–H groups in total. The predicted octanol–water partition coefficient (Wildman–Crippen LogP) is -0.723. The third-order valence-electron chi connectivity index (χ3n) is 1.88. The number of amides is 2. The molecule has 6 nitrogen and oxygen atoms in total. The van der Waals surface area contributed by atoms with Gasteiger partial charge in [0.25, 0.3) is 0 Å². The zero-order valence-corrected chi connectivity index (χ0v) is 11.8. The van der Waals surface area contributed by atoms with Crippen LogP contribution in [-0.2, 0) is 14.4 Å². The molecule has 7 heteroatoms. The average molecular weight is 275 g/mol. The van der Waals surface area contributed by atoms with Crippen molar-refractivity contribution in [2.45, 2.75) is 32.9 Å². The van der Waals surface area contributed by atoms with Gasteiger partial charge in [0, 0.05) is 11.8 Å². The molecule has 0 heterocycles. The van der Waals surface area contributed by atoms with Gasteiger partial charge >= 0.3 is 0 Å². The first kappa shape index (κ1) is 16.9. The van der Waals surface area contributed by atoms with Gasteiger partial charge < -0.3 is 16.4 Å². The van der Waals surface area contributed by atoms with Gasteiger partial charge in [0.15, 0.2) is 0 Å². The number of hydrogen-bond donors (Lipinski definition) is 3. The molecule has 0 aliphatic carbocycles. The van der Waals surface area contributed by atoms with E-state index in [1.165, 1.54) is 18.7 Å². The molecule has 0 aromatic heterocycles. The van der Waals surface area contributed by atoms with E-state index in [-0.39, 0.29) is 24.3 Å². The van der Waals surface area contributed by atoms with Gasteiger partial charge in [0.2, 0.25) is 11.8 Å². The Balaban J connectivity index is 4.23. The Bertz CT molecular complexity index is 308. The molecule has 0 aromatic carbocycles. The summed E-state index contributed by atoms with van der Waals surface area (Å²) in [6, 6.07) is -0.305. The van der Waals surface area contributed by atoms with Crippen LogP contribution in [0, 0.1) is 0 Å². The van der Waals surface area contributed by atoms with Crippen LogP contribution in [0.25, 0.3) is 0 Å². The molecule has 1 atom stereocenters. The highest BCUT2D eigenvalue weighted by Gasteiger charge is 2.19. The molecule has 104 valence electrons. The molecule has 0 bridgehead atoms. The number of rotatable bonds is 9. The number of carbonyl (C=O) groups excluding carboxylic acids is 3. The van der Waals surface area contributed by atoms with Crippen molar-refractivity contribution < 1.29 is 14.4 Å². The van der Waals surface area contributed by atoms with E-state index in [1.807, 2.05) is 13.8 Å². The van der Waals surface area contributed by atoms with Gasteiger partial charge in [0.05, 0.1) is 18.3 Å².